The van der Waals surface area contributed by atoms with Crippen LogP contribution in [0.1, 0.15) is 32.6 Å². The van der Waals surface area contributed by atoms with Crippen LogP contribution in [0.2, 0.25) is 0 Å². The average Bonchev–Trinajstić information content (AvgIpc) is 3.33. The molecule has 1 saturated carbocycles. The van der Waals surface area contributed by atoms with E-state index in [1.54, 1.807) is 25.4 Å². The number of nitrogens with zero attached hydrogens (tertiary/aromatic N) is 3. The van der Waals surface area contributed by atoms with Gasteiger partial charge in [-0.1, -0.05) is 0 Å². The van der Waals surface area contributed by atoms with E-state index in [0.717, 1.165) is 29.7 Å². The third-order valence-electron chi connectivity index (χ3n) is 6.60. The number of amides is 1. The zero-order valence-electron chi connectivity index (χ0n) is 20.6. The lowest BCUT2D eigenvalue weighted by atomic mass is 9.87. The summed E-state index contributed by atoms with van der Waals surface area (Å²) in [5.74, 6) is 0.539. The Morgan fingerprint density at radius 1 is 1.08 bits per heavy atom. The molecule has 5 rings (SSSR count). The molecule has 10 heteroatoms. The first-order valence-electron chi connectivity index (χ1n) is 12.1. The van der Waals surface area contributed by atoms with Crippen LogP contribution in [-0.2, 0) is 14.5 Å². The van der Waals surface area contributed by atoms with Gasteiger partial charge in [-0.3, -0.25) is 14.5 Å². The normalized spacial score (nSPS) is 19.2. The summed E-state index contributed by atoms with van der Waals surface area (Å²) in [6, 6.07) is 12.0. The quantitative estimate of drug-likeness (QED) is 0.361. The highest BCUT2D eigenvalue weighted by molar-refractivity contribution is 7.99. The van der Waals surface area contributed by atoms with Crippen molar-refractivity contribution in [3.05, 3.63) is 60.7 Å². The number of nitrogens with one attached hydrogen (secondary N) is 2. The van der Waals surface area contributed by atoms with Gasteiger partial charge >= 0.3 is 0 Å². The van der Waals surface area contributed by atoms with Gasteiger partial charge in [0.15, 0.2) is 0 Å². The van der Waals surface area contributed by atoms with Gasteiger partial charge < -0.3 is 9.72 Å². The summed E-state index contributed by atoms with van der Waals surface area (Å²) in [5, 5.41) is 1.53. The van der Waals surface area contributed by atoms with Crippen molar-refractivity contribution in [2.75, 3.05) is 6.26 Å². The van der Waals surface area contributed by atoms with Crippen molar-refractivity contribution in [1.82, 2.24) is 24.7 Å². The highest BCUT2D eigenvalue weighted by Crippen LogP contribution is 2.28. The molecule has 1 aliphatic rings. The van der Waals surface area contributed by atoms with Crippen molar-refractivity contribution in [1.29, 1.82) is 0 Å². The Kier molecular flexibility index (Phi) is 6.92. The van der Waals surface area contributed by atoms with Crippen LogP contribution >= 0.6 is 0 Å². The Labute approximate surface area is 214 Å². The molecular weight excluding hydrogens is 493 g/mol. The van der Waals surface area contributed by atoms with E-state index in [-0.39, 0.29) is 23.7 Å². The molecule has 4 aromatic rings. The Balaban J connectivity index is 1.18. The predicted molar refractivity (Wildman–Crippen MR) is 143 cm³/mol. The Morgan fingerprint density at radius 2 is 1.84 bits per heavy atom. The average molecular weight is 522 g/mol. The standard InChI is InChI=1S/C27H28FN5O3S/c1-3-37(2,35)33-27(34)17-4-9-21(10-5-17)36-25-13-7-18(15-30-25)22-11-6-19(16-29-22)26-31-23-12-8-20(28)14-24(23)32-26/h3,6-8,11-17,21H,4-5,9-10H2,1-2H3,(H,31,32)(H,33,34,35). The van der Waals surface area contributed by atoms with Gasteiger partial charge in [-0.2, -0.15) is 0 Å². The van der Waals surface area contributed by atoms with E-state index in [1.165, 1.54) is 23.8 Å². The predicted octanol–water partition coefficient (Wildman–Crippen LogP) is 4.53. The number of hydrogen-bond acceptors (Lipinski definition) is 6. The van der Waals surface area contributed by atoms with Gasteiger partial charge in [0.05, 0.1) is 16.7 Å². The SMILES string of the molecule is CC=S(C)(=O)NC(=O)C1CCC(Oc2ccc(-c3ccc(-c4nc5ccc(F)cc5[nH]4)cn3)cn2)CC1. The van der Waals surface area contributed by atoms with Crippen molar-refractivity contribution in [2.24, 2.45) is 5.92 Å². The maximum absolute atomic E-state index is 13.5. The summed E-state index contributed by atoms with van der Waals surface area (Å²) in [6.07, 6.45) is 7.80. The summed E-state index contributed by atoms with van der Waals surface area (Å²) in [5.41, 5.74) is 3.73. The van der Waals surface area contributed by atoms with Crippen LogP contribution < -0.4 is 9.46 Å². The second kappa shape index (κ2) is 10.3. The van der Waals surface area contributed by atoms with E-state index in [9.17, 15) is 13.4 Å². The molecule has 1 aromatic carbocycles. The van der Waals surface area contributed by atoms with Gasteiger partial charge in [-0.05, 0) is 74.4 Å². The highest BCUT2D eigenvalue weighted by atomic mass is 32.2. The van der Waals surface area contributed by atoms with Gasteiger partial charge in [0.1, 0.15) is 17.7 Å². The molecule has 3 aromatic heterocycles. The number of aromatic amines is 1. The molecule has 37 heavy (non-hydrogen) atoms. The molecule has 1 fully saturated rings. The summed E-state index contributed by atoms with van der Waals surface area (Å²) >= 11 is 0. The molecule has 8 nitrogen and oxygen atoms in total. The minimum atomic E-state index is -2.42. The van der Waals surface area contributed by atoms with Gasteiger partial charge in [-0.15, -0.1) is 0 Å². The molecule has 0 radical (unpaired) electrons. The maximum Gasteiger partial charge on any atom is 0.234 e. The van der Waals surface area contributed by atoms with Gasteiger partial charge in [0.2, 0.25) is 11.8 Å². The van der Waals surface area contributed by atoms with Crippen molar-refractivity contribution in [3.8, 4) is 28.5 Å². The molecule has 0 saturated heterocycles. The van der Waals surface area contributed by atoms with Crippen LogP contribution in [0.25, 0.3) is 33.7 Å². The largest absolute Gasteiger partial charge is 0.474 e. The number of imidazole rings is 1. The topological polar surface area (TPSA) is 110 Å². The minimum Gasteiger partial charge on any atom is -0.474 e. The molecule has 0 spiro atoms. The van der Waals surface area contributed by atoms with E-state index in [0.29, 0.717) is 35.6 Å². The monoisotopic (exact) mass is 521 g/mol. The molecule has 0 aliphatic heterocycles. The molecule has 1 atom stereocenters. The van der Waals surface area contributed by atoms with Crippen LogP contribution in [0.4, 0.5) is 4.39 Å². The van der Waals surface area contributed by atoms with E-state index in [2.05, 4.69) is 24.7 Å². The van der Waals surface area contributed by atoms with Crippen LogP contribution in [0.3, 0.4) is 0 Å². The zero-order chi connectivity index (χ0) is 26.0. The van der Waals surface area contributed by atoms with Crippen LogP contribution in [-0.4, -0.2) is 47.8 Å². The summed E-state index contributed by atoms with van der Waals surface area (Å²) in [4.78, 5) is 29.0. The number of carbonyl (C=O) groups is 1. The fourth-order valence-electron chi connectivity index (χ4n) is 4.38. The van der Waals surface area contributed by atoms with E-state index >= 15 is 0 Å². The second-order valence-electron chi connectivity index (χ2n) is 9.26. The van der Waals surface area contributed by atoms with Crippen molar-refractivity contribution >= 4 is 32.0 Å². The number of benzene rings is 1. The van der Waals surface area contributed by atoms with E-state index in [4.69, 9.17) is 4.74 Å². The highest BCUT2D eigenvalue weighted by Gasteiger charge is 2.28. The molecule has 0 bridgehead atoms. The van der Waals surface area contributed by atoms with Crippen LogP contribution in [0.5, 0.6) is 5.88 Å². The zero-order valence-corrected chi connectivity index (χ0v) is 21.4. The smallest absolute Gasteiger partial charge is 0.234 e. The van der Waals surface area contributed by atoms with Crippen LogP contribution in [0, 0.1) is 11.7 Å². The van der Waals surface area contributed by atoms with E-state index < -0.39 is 9.71 Å². The number of halogens is 1. The molecule has 2 N–H and O–H groups in total. The number of rotatable bonds is 6. The Bertz CT molecular complexity index is 1530. The number of aromatic nitrogens is 4. The van der Waals surface area contributed by atoms with Crippen molar-refractivity contribution in [2.45, 2.75) is 38.7 Å². The first-order valence-corrected chi connectivity index (χ1v) is 14.2. The first kappa shape index (κ1) is 24.9. The van der Waals surface area contributed by atoms with Gasteiger partial charge in [0.25, 0.3) is 0 Å². The molecular formula is C27H28FN5O3S. The third kappa shape index (κ3) is 5.80. The Morgan fingerprint density at radius 3 is 2.51 bits per heavy atom. The molecule has 3 heterocycles. The minimum absolute atomic E-state index is 0.0131. The molecule has 1 unspecified atom stereocenters. The molecule has 1 aliphatic carbocycles. The lowest BCUT2D eigenvalue weighted by Gasteiger charge is -2.28. The lowest BCUT2D eigenvalue weighted by Crippen LogP contribution is -2.38. The third-order valence-corrected chi connectivity index (χ3v) is 8.10. The number of carbonyl (C=O) groups excluding carboxylic acids is 1. The van der Waals surface area contributed by atoms with Crippen molar-refractivity contribution in [3.63, 3.8) is 0 Å². The number of pyridine rings is 2. The number of ether oxygens (including phenoxy) is 1. The Hall–Kier alpha value is -3.79. The number of H-pyrrole nitrogens is 1. The molecule has 192 valence electrons. The van der Waals surface area contributed by atoms with E-state index in [1.807, 2.05) is 24.3 Å². The second-order valence-corrected chi connectivity index (χ2v) is 11.7. The summed E-state index contributed by atoms with van der Waals surface area (Å²) < 4.78 is 34.3. The lowest BCUT2D eigenvalue weighted by molar-refractivity contribution is -0.124. The van der Waals surface area contributed by atoms with Crippen LogP contribution in [0.15, 0.2) is 54.9 Å². The fraction of sp³-hybridized carbons (Fsp3) is 0.296. The van der Waals surface area contributed by atoms with Gasteiger partial charge in [-0.25, -0.2) is 18.6 Å². The van der Waals surface area contributed by atoms with Crippen molar-refractivity contribution < 1.29 is 18.1 Å². The fourth-order valence-corrected chi connectivity index (χ4v) is 5.06. The summed E-state index contributed by atoms with van der Waals surface area (Å²) in [7, 11) is -2.42. The molecule has 1 amide bonds. The number of fused-ring (bicyclic) bond motifs is 1. The maximum atomic E-state index is 13.5. The summed E-state index contributed by atoms with van der Waals surface area (Å²) in [6.45, 7) is 1.68. The number of hydrogen-bond donors (Lipinski definition) is 2. The van der Waals surface area contributed by atoms with Gasteiger partial charge in [0, 0.05) is 51.5 Å². The first-order chi connectivity index (χ1) is 17.8.